The predicted octanol–water partition coefficient (Wildman–Crippen LogP) is 4.80. The van der Waals surface area contributed by atoms with Crippen LogP contribution in [0.2, 0.25) is 0 Å². The highest BCUT2D eigenvalue weighted by Gasteiger charge is 2.33. The normalized spacial score (nSPS) is 16.2. The maximum atomic E-state index is 12.4. The van der Waals surface area contributed by atoms with Crippen molar-refractivity contribution in [2.45, 2.75) is 6.92 Å². The smallest absolute Gasteiger partial charge is 0.344 e. The molecule has 1 aliphatic rings. The van der Waals surface area contributed by atoms with Crippen molar-refractivity contribution in [1.29, 1.82) is 0 Å². The first-order valence-corrected chi connectivity index (χ1v) is 9.72. The molecule has 0 unspecified atom stereocenters. The topological polar surface area (TPSA) is 111 Å². The fraction of sp³-hybridized carbons (Fsp3) is 0.143. The number of rotatable bonds is 6. The van der Waals surface area contributed by atoms with Crippen molar-refractivity contribution in [3.05, 3.63) is 80.4 Å². The number of benzene rings is 2. The molecule has 2 aromatic carbocycles. The minimum atomic E-state index is -0.697. The maximum Gasteiger partial charge on any atom is 0.344 e. The molecule has 30 heavy (non-hydrogen) atoms. The Kier molecular flexibility index (Phi) is 6.53. The van der Waals surface area contributed by atoms with Crippen molar-refractivity contribution in [3.63, 3.8) is 0 Å². The number of esters is 1. The average Bonchev–Trinajstić information content (AvgIpc) is 3.03. The minimum Gasteiger partial charge on any atom is -0.506 e. The third-order valence-corrected chi connectivity index (χ3v) is 5.07. The van der Waals surface area contributed by atoms with Gasteiger partial charge >= 0.3 is 5.97 Å². The lowest BCUT2D eigenvalue weighted by Gasteiger charge is -2.04. The van der Waals surface area contributed by atoms with E-state index in [4.69, 9.17) is 9.47 Å². The summed E-state index contributed by atoms with van der Waals surface area (Å²) in [5, 5.41) is 21.9. The van der Waals surface area contributed by atoms with Crippen LogP contribution in [0.1, 0.15) is 12.5 Å². The number of methoxy groups -OCH3 is 1. The molecule has 3 rings (SSSR count). The number of hydrogen-bond acceptors (Lipinski definition) is 8. The summed E-state index contributed by atoms with van der Waals surface area (Å²) in [5.41, 5.74) is 0.944. The molecule has 2 aromatic rings. The summed E-state index contributed by atoms with van der Waals surface area (Å²) in [7, 11) is 1.55. The summed E-state index contributed by atoms with van der Waals surface area (Å²) >= 11 is 1.08. The Morgan fingerprint density at radius 3 is 2.63 bits per heavy atom. The lowest BCUT2D eigenvalue weighted by molar-refractivity contribution is -0.384. The van der Waals surface area contributed by atoms with Gasteiger partial charge in [-0.25, -0.2) is 9.79 Å². The monoisotopic (exact) mass is 426 g/mol. The Labute approximate surface area is 176 Å². The Balaban J connectivity index is 2.02. The number of nitrogens with zero attached hydrogens (tertiary/aromatic N) is 2. The van der Waals surface area contributed by atoms with Crippen molar-refractivity contribution in [2.24, 2.45) is 4.99 Å². The van der Waals surface area contributed by atoms with Crippen LogP contribution < -0.4 is 4.74 Å². The Morgan fingerprint density at radius 1 is 1.27 bits per heavy atom. The van der Waals surface area contributed by atoms with E-state index in [0.717, 1.165) is 11.8 Å². The number of thioether (sulfide) groups is 1. The Bertz CT molecular complexity index is 1070. The summed E-state index contributed by atoms with van der Waals surface area (Å²) in [6.07, 6.45) is 1.56. The highest BCUT2D eigenvalue weighted by Crippen LogP contribution is 2.40. The van der Waals surface area contributed by atoms with Crippen LogP contribution in [0.15, 0.2) is 69.8 Å². The number of nitro benzene ring substituents is 1. The molecular weight excluding hydrogens is 408 g/mol. The summed E-state index contributed by atoms with van der Waals surface area (Å²) in [4.78, 5) is 27.7. The standard InChI is InChI=1S/C21H18N2O6S/c1-3-29-21(25)18-19(24)17(12-13-5-4-6-15(11-13)23(26)27)30-20(18)22-14-7-9-16(28-2)10-8-14/h4-12,24H,3H2,1-2H3/b17-12+,22-20?. The van der Waals surface area contributed by atoms with Crippen molar-refractivity contribution in [2.75, 3.05) is 13.7 Å². The molecule has 0 bridgehead atoms. The zero-order valence-electron chi connectivity index (χ0n) is 16.2. The van der Waals surface area contributed by atoms with E-state index in [9.17, 15) is 20.0 Å². The lowest BCUT2D eigenvalue weighted by Crippen LogP contribution is -2.12. The van der Waals surface area contributed by atoms with Crippen molar-refractivity contribution in [3.8, 4) is 5.75 Å². The molecular formula is C21H18N2O6S. The number of nitro groups is 1. The van der Waals surface area contributed by atoms with Crippen LogP contribution in [-0.2, 0) is 9.53 Å². The van der Waals surface area contributed by atoms with Gasteiger partial charge in [0.1, 0.15) is 22.1 Å². The zero-order valence-corrected chi connectivity index (χ0v) is 17.0. The molecule has 0 fully saturated rings. The molecule has 1 heterocycles. The van der Waals surface area contributed by atoms with Gasteiger partial charge in [0.05, 0.1) is 29.2 Å². The first-order valence-electron chi connectivity index (χ1n) is 8.90. The molecule has 0 atom stereocenters. The van der Waals surface area contributed by atoms with Crippen LogP contribution in [0.3, 0.4) is 0 Å². The largest absolute Gasteiger partial charge is 0.506 e. The third kappa shape index (κ3) is 4.69. The van der Waals surface area contributed by atoms with E-state index >= 15 is 0 Å². The van der Waals surface area contributed by atoms with Crippen molar-refractivity contribution < 1.29 is 24.3 Å². The van der Waals surface area contributed by atoms with Gasteiger partial charge in [-0.05, 0) is 42.8 Å². The summed E-state index contributed by atoms with van der Waals surface area (Å²) < 4.78 is 10.2. The molecule has 0 aliphatic carbocycles. The molecule has 0 saturated heterocycles. The Morgan fingerprint density at radius 2 is 2.00 bits per heavy atom. The Hall–Kier alpha value is -3.59. The number of aliphatic imine (C=N–C) groups is 1. The zero-order chi connectivity index (χ0) is 21.7. The SMILES string of the molecule is CCOC(=O)C1=C(O)/C(=C\c2cccc([N+](=O)[O-])c2)SC1=Nc1ccc(OC)cc1. The van der Waals surface area contributed by atoms with Crippen LogP contribution in [0.5, 0.6) is 5.75 Å². The molecule has 0 amide bonds. The van der Waals surface area contributed by atoms with Gasteiger partial charge in [0.15, 0.2) is 0 Å². The summed E-state index contributed by atoms with van der Waals surface area (Å²) in [5.74, 6) is -0.317. The second-order valence-corrected chi connectivity index (χ2v) is 7.05. The van der Waals surface area contributed by atoms with Gasteiger partial charge in [-0.15, -0.1) is 0 Å². The van der Waals surface area contributed by atoms with Crippen LogP contribution in [0.25, 0.3) is 6.08 Å². The van der Waals surface area contributed by atoms with Crippen LogP contribution in [-0.4, -0.2) is 34.8 Å². The second kappa shape index (κ2) is 9.27. The number of non-ortho nitro benzene ring substituents is 1. The van der Waals surface area contributed by atoms with Gasteiger partial charge in [-0.3, -0.25) is 10.1 Å². The number of carbonyl (C=O) groups is 1. The van der Waals surface area contributed by atoms with Gasteiger partial charge in [-0.2, -0.15) is 0 Å². The second-order valence-electron chi connectivity index (χ2n) is 6.02. The number of ether oxygens (including phenoxy) is 2. The number of aliphatic hydroxyl groups excluding tert-OH is 1. The fourth-order valence-corrected chi connectivity index (χ4v) is 3.68. The minimum absolute atomic E-state index is 0.0469. The lowest BCUT2D eigenvalue weighted by atomic mass is 10.1. The van der Waals surface area contributed by atoms with Crippen LogP contribution in [0, 0.1) is 10.1 Å². The van der Waals surface area contributed by atoms with Gasteiger partial charge in [0.2, 0.25) is 0 Å². The van der Waals surface area contributed by atoms with E-state index in [1.165, 1.54) is 12.1 Å². The predicted molar refractivity (Wildman–Crippen MR) is 115 cm³/mol. The van der Waals surface area contributed by atoms with Crippen molar-refractivity contribution >= 4 is 40.2 Å². The van der Waals surface area contributed by atoms with E-state index in [2.05, 4.69) is 4.99 Å². The van der Waals surface area contributed by atoms with E-state index in [1.807, 2.05) is 0 Å². The fourth-order valence-electron chi connectivity index (χ4n) is 2.65. The first-order chi connectivity index (χ1) is 14.4. The van der Waals surface area contributed by atoms with Gasteiger partial charge < -0.3 is 14.6 Å². The molecule has 154 valence electrons. The quantitative estimate of drug-likeness (QED) is 0.401. The molecule has 1 aliphatic heterocycles. The first kappa shape index (κ1) is 21.1. The summed E-state index contributed by atoms with van der Waals surface area (Å²) in [6.45, 7) is 1.80. The molecule has 0 saturated carbocycles. The third-order valence-electron chi connectivity index (χ3n) is 4.05. The van der Waals surface area contributed by atoms with E-state index in [0.29, 0.717) is 21.9 Å². The highest BCUT2D eigenvalue weighted by molar-refractivity contribution is 8.18. The molecule has 1 N–H and O–H groups in total. The molecule has 0 aromatic heterocycles. The number of carbonyl (C=O) groups excluding carboxylic acids is 1. The van der Waals surface area contributed by atoms with Gasteiger partial charge in [0.25, 0.3) is 5.69 Å². The highest BCUT2D eigenvalue weighted by atomic mass is 32.2. The molecule has 8 nitrogen and oxygen atoms in total. The molecule has 0 spiro atoms. The number of hydrogen-bond donors (Lipinski definition) is 1. The van der Waals surface area contributed by atoms with E-state index in [-0.39, 0.29) is 28.7 Å². The van der Waals surface area contributed by atoms with E-state index in [1.54, 1.807) is 56.5 Å². The van der Waals surface area contributed by atoms with Crippen LogP contribution >= 0.6 is 11.8 Å². The average molecular weight is 426 g/mol. The van der Waals surface area contributed by atoms with Crippen LogP contribution in [0.4, 0.5) is 11.4 Å². The maximum absolute atomic E-state index is 12.4. The van der Waals surface area contributed by atoms with Crippen molar-refractivity contribution in [1.82, 2.24) is 0 Å². The molecule has 0 radical (unpaired) electrons. The van der Waals surface area contributed by atoms with Gasteiger partial charge in [0, 0.05) is 12.1 Å². The molecule has 9 heteroatoms. The summed E-state index contributed by atoms with van der Waals surface area (Å²) in [6, 6.07) is 12.9. The van der Waals surface area contributed by atoms with Gasteiger partial charge in [-0.1, -0.05) is 23.9 Å². The number of aliphatic hydroxyl groups is 1. The van der Waals surface area contributed by atoms with E-state index < -0.39 is 10.9 Å².